The summed E-state index contributed by atoms with van der Waals surface area (Å²) in [5.41, 5.74) is 0. The lowest BCUT2D eigenvalue weighted by atomic mass is 10.8. The number of alkyl halides is 3. The van der Waals surface area contributed by atoms with Crippen LogP contribution in [0.5, 0.6) is 0 Å². The van der Waals surface area contributed by atoms with E-state index in [9.17, 15) is 0 Å². The second kappa shape index (κ2) is 9.59. The van der Waals surface area contributed by atoms with Crippen LogP contribution >= 0.6 is 47.8 Å². The Morgan fingerprint density at radius 3 is 1.67 bits per heavy atom. The molecule has 0 aromatic rings. The summed E-state index contributed by atoms with van der Waals surface area (Å²) in [4.78, 5) is 0. The average molecular weight is 427 g/mol. The van der Waals surface area contributed by atoms with Gasteiger partial charge < -0.3 is 9.16 Å². The van der Waals surface area contributed by atoms with Gasteiger partial charge in [0.1, 0.15) is 6.29 Å². The molecule has 0 aliphatic carbocycles. The highest BCUT2D eigenvalue weighted by atomic mass is 79.9. The fourth-order valence-electron chi connectivity index (χ4n) is 1.47. The Balaban J connectivity index is 4.44. The minimum Gasteiger partial charge on any atom is -0.392 e. The molecule has 0 heterocycles. The van der Waals surface area contributed by atoms with Crippen molar-refractivity contribution in [1.82, 2.24) is 0 Å². The molecule has 92 valence electrons. The standard InChI is InChI=1S/C9H19Br3O2Si/c1-9(13-2)14-15(6-3-10,7-4-11)8-5-12/h9H,3-8H2,1-2H3. The van der Waals surface area contributed by atoms with Crippen molar-refractivity contribution in [2.45, 2.75) is 31.3 Å². The molecule has 2 nitrogen and oxygen atoms in total. The van der Waals surface area contributed by atoms with Gasteiger partial charge in [-0.3, -0.25) is 0 Å². The largest absolute Gasteiger partial charge is 0.392 e. The smallest absolute Gasteiger partial charge is 0.198 e. The minimum absolute atomic E-state index is 0.0891. The molecule has 0 amide bonds. The molecule has 1 unspecified atom stereocenters. The van der Waals surface area contributed by atoms with Crippen molar-refractivity contribution in [2.24, 2.45) is 0 Å². The average Bonchev–Trinajstić information content (AvgIpc) is 2.18. The first-order valence-electron chi connectivity index (χ1n) is 5.02. The number of methoxy groups -OCH3 is 1. The Morgan fingerprint density at radius 2 is 1.40 bits per heavy atom. The van der Waals surface area contributed by atoms with E-state index in [4.69, 9.17) is 9.16 Å². The number of rotatable bonds is 9. The van der Waals surface area contributed by atoms with Crippen LogP contribution in [-0.2, 0) is 9.16 Å². The van der Waals surface area contributed by atoms with Crippen molar-refractivity contribution in [1.29, 1.82) is 0 Å². The first kappa shape index (κ1) is 16.6. The third-order valence-electron chi connectivity index (χ3n) is 2.40. The molecule has 0 radical (unpaired) electrons. The SMILES string of the molecule is COC(C)O[Si](CCBr)(CCBr)CCBr. The lowest BCUT2D eigenvalue weighted by Gasteiger charge is -2.32. The number of ether oxygens (including phenoxy) is 1. The van der Waals surface area contributed by atoms with Crippen molar-refractivity contribution < 1.29 is 9.16 Å². The Morgan fingerprint density at radius 1 is 1.00 bits per heavy atom. The van der Waals surface area contributed by atoms with Crippen molar-refractivity contribution >= 4 is 56.1 Å². The van der Waals surface area contributed by atoms with E-state index in [1.807, 2.05) is 6.92 Å². The zero-order chi connectivity index (χ0) is 11.7. The van der Waals surface area contributed by atoms with Gasteiger partial charge in [-0.1, -0.05) is 47.8 Å². The second-order valence-corrected chi connectivity index (χ2v) is 9.90. The Hall–Kier alpha value is 1.58. The predicted octanol–water partition coefficient (Wildman–Crippen LogP) is 4.13. The third-order valence-corrected chi connectivity index (χ3v) is 10.1. The quantitative estimate of drug-likeness (QED) is 0.313. The molecule has 15 heavy (non-hydrogen) atoms. The Kier molecular flexibility index (Phi) is 10.6. The highest BCUT2D eigenvalue weighted by Crippen LogP contribution is 2.27. The lowest BCUT2D eigenvalue weighted by molar-refractivity contribution is -0.0463. The summed E-state index contributed by atoms with van der Waals surface area (Å²) in [6.45, 7) is 1.97. The monoisotopic (exact) mass is 424 g/mol. The second-order valence-electron chi connectivity index (χ2n) is 3.42. The first-order chi connectivity index (χ1) is 7.14. The number of hydrogen-bond acceptors (Lipinski definition) is 2. The maximum Gasteiger partial charge on any atom is 0.198 e. The summed E-state index contributed by atoms with van der Waals surface area (Å²) in [6, 6.07) is 3.41. The van der Waals surface area contributed by atoms with Crippen LogP contribution in [0.4, 0.5) is 0 Å². The van der Waals surface area contributed by atoms with E-state index in [0.717, 1.165) is 34.1 Å². The van der Waals surface area contributed by atoms with Crippen LogP contribution in [0.3, 0.4) is 0 Å². The fraction of sp³-hybridized carbons (Fsp3) is 1.00. The van der Waals surface area contributed by atoms with Crippen LogP contribution in [0.25, 0.3) is 0 Å². The molecule has 0 saturated carbocycles. The molecule has 0 aliphatic heterocycles. The van der Waals surface area contributed by atoms with Crippen LogP contribution in [0.1, 0.15) is 6.92 Å². The van der Waals surface area contributed by atoms with Crippen LogP contribution in [-0.4, -0.2) is 37.7 Å². The third kappa shape index (κ3) is 6.78. The van der Waals surface area contributed by atoms with Crippen LogP contribution in [0, 0.1) is 0 Å². The first-order valence-corrected chi connectivity index (χ1v) is 10.9. The lowest BCUT2D eigenvalue weighted by Crippen LogP contribution is -2.42. The van der Waals surface area contributed by atoms with Gasteiger partial charge in [0, 0.05) is 23.1 Å². The van der Waals surface area contributed by atoms with Crippen molar-refractivity contribution in [2.75, 3.05) is 23.1 Å². The molecule has 0 N–H and O–H groups in total. The molecule has 0 rings (SSSR count). The summed E-state index contributed by atoms with van der Waals surface area (Å²) in [5.74, 6) is 0. The number of halogens is 3. The van der Waals surface area contributed by atoms with E-state index in [0.29, 0.717) is 0 Å². The van der Waals surface area contributed by atoms with E-state index in [2.05, 4.69) is 47.8 Å². The molecule has 0 aromatic heterocycles. The summed E-state index contributed by atoms with van der Waals surface area (Å²) >= 11 is 10.6. The van der Waals surface area contributed by atoms with Gasteiger partial charge in [-0.15, -0.1) is 0 Å². The topological polar surface area (TPSA) is 18.5 Å². The van der Waals surface area contributed by atoms with Gasteiger partial charge in [-0.2, -0.15) is 0 Å². The van der Waals surface area contributed by atoms with Gasteiger partial charge in [-0.25, -0.2) is 0 Å². The minimum atomic E-state index is -1.65. The summed E-state index contributed by atoms with van der Waals surface area (Å²) in [7, 11) is 0.0495. The molecular weight excluding hydrogens is 408 g/mol. The highest BCUT2D eigenvalue weighted by molar-refractivity contribution is 9.09. The molecule has 0 aromatic carbocycles. The van der Waals surface area contributed by atoms with Crippen molar-refractivity contribution in [3.05, 3.63) is 0 Å². The van der Waals surface area contributed by atoms with Crippen LogP contribution in [0.15, 0.2) is 0 Å². The van der Waals surface area contributed by atoms with Gasteiger partial charge in [0.25, 0.3) is 0 Å². The van der Waals surface area contributed by atoms with Gasteiger partial charge in [0.15, 0.2) is 8.32 Å². The van der Waals surface area contributed by atoms with Crippen LogP contribution in [0.2, 0.25) is 18.1 Å². The van der Waals surface area contributed by atoms with Gasteiger partial charge in [0.05, 0.1) is 0 Å². The predicted molar refractivity (Wildman–Crippen MR) is 79.1 cm³/mol. The van der Waals surface area contributed by atoms with Crippen molar-refractivity contribution in [3.8, 4) is 0 Å². The van der Waals surface area contributed by atoms with Gasteiger partial charge >= 0.3 is 0 Å². The summed E-state index contributed by atoms with van der Waals surface area (Å²) < 4.78 is 11.3. The molecule has 0 fully saturated rings. The summed E-state index contributed by atoms with van der Waals surface area (Å²) in [5, 5.41) is 3.03. The number of hydrogen-bond donors (Lipinski definition) is 0. The maximum atomic E-state index is 6.14. The Labute approximate surface area is 119 Å². The zero-order valence-electron chi connectivity index (χ0n) is 9.27. The molecule has 1 atom stereocenters. The van der Waals surface area contributed by atoms with E-state index in [-0.39, 0.29) is 6.29 Å². The van der Waals surface area contributed by atoms with Crippen molar-refractivity contribution in [3.63, 3.8) is 0 Å². The van der Waals surface area contributed by atoms with Gasteiger partial charge in [0.2, 0.25) is 0 Å². The zero-order valence-corrected chi connectivity index (χ0v) is 15.0. The molecule has 0 aliphatic rings. The Bertz CT molecular complexity index is 143. The van der Waals surface area contributed by atoms with E-state index < -0.39 is 8.32 Å². The van der Waals surface area contributed by atoms with E-state index in [1.54, 1.807) is 7.11 Å². The molecular formula is C9H19Br3O2Si. The van der Waals surface area contributed by atoms with Crippen LogP contribution < -0.4 is 0 Å². The molecule has 0 spiro atoms. The molecule has 0 bridgehead atoms. The summed E-state index contributed by atoms with van der Waals surface area (Å²) in [6.07, 6.45) is -0.0891. The fourth-order valence-corrected chi connectivity index (χ4v) is 10.9. The maximum absolute atomic E-state index is 6.14. The highest BCUT2D eigenvalue weighted by Gasteiger charge is 2.34. The normalized spacial score (nSPS) is 14.2. The molecule has 6 heteroatoms. The molecule has 0 saturated heterocycles. The van der Waals surface area contributed by atoms with E-state index in [1.165, 1.54) is 0 Å². The van der Waals surface area contributed by atoms with E-state index >= 15 is 0 Å². The van der Waals surface area contributed by atoms with Gasteiger partial charge in [-0.05, 0) is 25.1 Å².